The molecule has 0 radical (unpaired) electrons. The first-order chi connectivity index (χ1) is 10.4. The van der Waals surface area contributed by atoms with E-state index in [-0.39, 0.29) is 30.5 Å². The predicted molar refractivity (Wildman–Crippen MR) is 98.5 cm³/mol. The molecule has 0 fully saturated rings. The van der Waals surface area contributed by atoms with Crippen LogP contribution in [0.3, 0.4) is 0 Å². The van der Waals surface area contributed by atoms with E-state index in [1.165, 1.54) is 0 Å². The van der Waals surface area contributed by atoms with Crippen LogP contribution in [0.5, 0.6) is 0 Å². The minimum Gasteiger partial charge on any atom is -0.355 e. The fraction of sp³-hybridized carbons (Fsp3) is 0.692. The van der Waals surface area contributed by atoms with Gasteiger partial charge in [-0.05, 0) is 13.1 Å². The zero-order chi connectivity index (χ0) is 16.6. The maximum Gasteiger partial charge on any atom is 0.434 e. The number of guanidine groups is 1. The highest BCUT2D eigenvalue weighted by molar-refractivity contribution is 14.0. The van der Waals surface area contributed by atoms with E-state index in [1.807, 2.05) is 0 Å². The number of aliphatic imine (C=N–C) groups is 1. The van der Waals surface area contributed by atoms with Crippen molar-refractivity contribution in [2.75, 3.05) is 33.2 Å². The quantitative estimate of drug-likeness (QED) is 0.370. The summed E-state index contributed by atoms with van der Waals surface area (Å²) in [6.07, 6.45) is -4.39. The zero-order valence-corrected chi connectivity index (χ0v) is 16.6. The number of hydrogen-bond donors (Lipinski definition) is 2. The molecule has 1 rings (SSSR count). The van der Waals surface area contributed by atoms with Gasteiger partial charge in [-0.15, -0.1) is 35.3 Å². The normalized spacial score (nSPS) is 12.2. The van der Waals surface area contributed by atoms with Crippen molar-refractivity contribution in [3.05, 3.63) is 16.1 Å². The second-order valence-corrected chi connectivity index (χ2v) is 5.45. The molecule has 0 aromatic carbocycles. The number of hydrogen-bond acceptors (Lipinski definition) is 4. The highest BCUT2D eigenvalue weighted by Crippen LogP contribution is 2.29. The summed E-state index contributed by atoms with van der Waals surface area (Å²) in [5, 5.41) is 7.48. The fourth-order valence-electron chi connectivity index (χ4n) is 1.77. The molecule has 0 unspecified atom stereocenters. The van der Waals surface area contributed by atoms with Crippen LogP contribution in [0.25, 0.3) is 0 Å². The molecule has 0 spiro atoms. The molecule has 0 aliphatic carbocycles. The summed E-state index contributed by atoms with van der Waals surface area (Å²) in [6.45, 7) is 7.95. The van der Waals surface area contributed by atoms with Crippen molar-refractivity contribution in [2.45, 2.75) is 26.6 Å². The number of likely N-dealkylation sites (N-methyl/N-ethyl adjacent to an activating group) is 1. The van der Waals surface area contributed by atoms with E-state index in [0.717, 1.165) is 36.4 Å². The minimum atomic E-state index is -4.39. The van der Waals surface area contributed by atoms with Crippen molar-refractivity contribution in [1.82, 2.24) is 20.5 Å². The van der Waals surface area contributed by atoms with Gasteiger partial charge in [0, 0.05) is 25.5 Å². The summed E-state index contributed by atoms with van der Waals surface area (Å²) < 4.78 is 37.4. The van der Waals surface area contributed by atoms with Crippen molar-refractivity contribution >= 4 is 41.3 Å². The fourth-order valence-corrected chi connectivity index (χ4v) is 2.52. The Labute approximate surface area is 155 Å². The van der Waals surface area contributed by atoms with Crippen LogP contribution in [0.1, 0.15) is 24.5 Å². The number of halogens is 4. The summed E-state index contributed by atoms with van der Waals surface area (Å²) in [4.78, 5) is 9.86. The molecular weight excluding hydrogens is 442 g/mol. The van der Waals surface area contributed by atoms with Crippen molar-refractivity contribution in [3.63, 3.8) is 0 Å². The summed E-state index contributed by atoms with van der Waals surface area (Å²) in [7, 11) is 1.62. The van der Waals surface area contributed by atoms with Gasteiger partial charge in [-0.3, -0.25) is 4.99 Å². The lowest BCUT2D eigenvalue weighted by Gasteiger charge is -2.19. The van der Waals surface area contributed by atoms with E-state index >= 15 is 0 Å². The van der Waals surface area contributed by atoms with E-state index in [4.69, 9.17) is 0 Å². The van der Waals surface area contributed by atoms with Gasteiger partial charge in [0.25, 0.3) is 0 Å². The predicted octanol–water partition coefficient (Wildman–Crippen LogP) is 2.79. The molecule has 0 amide bonds. The summed E-state index contributed by atoms with van der Waals surface area (Å²) in [6, 6.07) is 0. The first kappa shape index (κ1) is 22.4. The Kier molecular flexibility index (Phi) is 10.7. The second-order valence-electron chi connectivity index (χ2n) is 4.50. The standard InChI is InChI=1S/C13H22F3N5S.HI/c1-4-21(5-2)7-6-18-12(17-3)19-8-11-20-10(9-22-11)13(14,15)16;/h9H,4-8H2,1-3H3,(H2,17,18,19);1H. The Bertz CT molecular complexity index is 474. The van der Waals surface area contributed by atoms with Crippen LogP contribution in [-0.4, -0.2) is 49.1 Å². The number of thiazole rings is 1. The molecule has 23 heavy (non-hydrogen) atoms. The van der Waals surface area contributed by atoms with Crippen LogP contribution in [0, 0.1) is 0 Å². The number of alkyl halides is 3. The SMILES string of the molecule is CCN(CC)CCNC(=NC)NCc1nc(C(F)(F)F)cs1.I. The van der Waals surface area contributed by atoms with Gasteiger partial charge >= 0.3 is 6.18 Å². The van der Waals surface area contributed by atoms with Crippen molar-refractivity contribution in [1.29, 1.82) is 0 Å². The smallest absolute Gasteiger partial charge is 0.355 e. The lowest BCUT2D eigenvalue weighted by molar-refractivity contribution is -0.140. The third-order valence-corrected chi connectivity index (χ3v) is 3.94. The molecule has 0 aliphatic heterocycles. The average Bonchev–Trinajstić information content (AvgIpc) is 2.96. The number of rotatable bonds is 7. The number of nitrogens with zero attached hydrogens (tertiary/aromatic N) is 3. The van der Waals surface area contributed by atoms with Gasteiger partial charge in [0.15, 0.2) is 11.7 Å². The Balaban J connectivity index is 0.00000484. The van der Waals surface area contributed by atoms with Crippen LogP contribution in [0.2, 0.25) is 0 Å². The molecule has 1 heterocycles. The van der Waals surface area contributed by atoms with E-state index in [2.05, 4.69) is 39.4 Å². The van der Waals surface area contributed by atoms with Gasteiger partial charge in [-0.25, -0.2) is 4.98 Å². The summed E-state index contributed by atoms with van der Waals surface area (Å²) >= 11 is 0.980. The van der Waals surface area contributed by atoms with Gasteiger partial charge in [0.05, 0.1) is 6.54 Å². The maximum atomic E-state index is 12.5. The van der Waals surface area contributed by atoms with Gasteiger partial charge in [0.2, 0.25) is 0 Å². The molecule has 0 aliphatic rings. The Hall–Kier alpha value is -0.620. The van der Waals surface area contributed by atoms with Crippen LogP contribution in [0.15, 0.2) is 10.4 Å². The first-order valence-electron chi connectivity index (χ1n) is 7.09. The highest BCUT2D eigenvalue weighted by Gasteiger charge is 2.33. The van der Waals surface area contributed by atoms with Crippen LogP contribution in [0.4, 0.5) is 13.2 Å². The van der Waals surface area contributed by atoms with Crippen molar-refractivity contribution < 1.29 is 13.2 Å². The third kappa shape index (κ3) is 8.15. The van der Waals surface area contributed by atoms with E-state index in [9.17, 15) is 13.2 Å². The molecule has 10 heteroatoms. The zero-order valence-electron chi connectivity index (χ0n) is 13.4. The molecular formula is C13H23F3IN5S. The Morgan fingerprint density at radius 2 is 1.96 bits per heavy atom. The molecule has 1 aromatic heterocycles. The molecule has 0 atom stereocenters. The monoisotopic (exact) mass is 465 g/mol. The van der Waals surface area contributed by atoms with E-state index < -0.39 is 11.9 Å². The van der Waals surface area contributed by atoms with Crippen molar-refractivity contribution in [2.24, 2.45) is 4.99 Å². The molecule has 0 saturated heterocycles. The Morgan fingerprint density at radius 1 is 1.30 bits per heavy atom. The van der Waals surface area contributed by atoms with Crippen molar-refractivity contribution in [3.8, 4) is 0 Å². The summed E-state index contributed by atoms with van der Waals surface area (Å²) in [5.41, 5.74) is -0.848. The first-order valence-corrected chi connectivity index (χ1v) is 7.97. The van der Waals surface area contributed by atoms with E-state index in [0.29, 0.717) is 17.5 Å². The lowest BCUT2D eigenvalue weighted by atomic mass is 10.4. The van der Waals surface area contributed by atoms with E-state index in [1.54, 1.807) is 7.05 Å². The molecule has 134 valence electrons. The van der Waals surface area contributed by atoms with Crippen LogP contribution in [-0.2, 0) is 12.7 Å². The molecule has 1 aromatic rings. The number of nitrogens with one attached hydrogen (secondary N) is 2. The maximum absolute atomic E-state index is 12.5. The molecule has 5 nitrogen and oxygen atoms in total. The largest absolute Gasteiger partial charge is 0.434 e. The van der Waals surface area contributed by atoms with Gasteiger partial charge in [-0.1, -0.05) is 13.8 Å². The average molecular weight is 465 g/mol. The summed E-state index contributed by atoms with van der Waals surface area (Å²) in [5.74, 6) is 0.552. The highest BCUT2D eigenvalue weighted by atomic mass is 127. The topological polar surface area (TPSA) is 52.5 Å². The van der Waals surface area contributed by atoms with Crippen LogP contribution < -0.4 is 10.6 Å². The van der Waals surface area contributed by atoms with Gasteiger partial charge in [-0.2, -0.15) is 13.2 Å². The molecule has 2 N–H and O–H groups in total. The second kappa shape index (κ2) is 11.0. The molecule has 0 bridgehead atoms. The van der Waals surface area contributed by atoms with Gasteiger partial charge in [0.1, 0.15) is 5.01 Å². The van der Waals surface area contributed by atoms with Crippen LogP contribution >= 0.6 is 35.3 Å². The minimum absolute atomic E-state index is 0. The molecule has 0 saturated carbocycles. The lowest BCUT2D eigenvalue weighted by Crippen LogP contribution is -2.41. The third-order valence-electron chi connectivity index (χ3n) is 3.09. The van der Waals surface area contributed by atoms with Gasteiger partial charge < -0.3 is 15.5 Å². The number of aromatic nitrogens is 1. The Morgan fingerprint density at radius 3 is 2.43 bits per heavy atom.